The Balaban J connectivity index is 0. The van der Waals surface area contributed by atoms with Gasteiger partial charge < -0.3 is 16.9 Å². The maximum absolute atomic E-state index is 2.51. The maximum atomic E-state index is 2.51. The van der Waals surface area contributed by atoms with Crippen molar-refractivity contribution in [3.8, 4) is 0 Å². The van der Waals surface area contributed by atoms with E-state index in [1.54, 1.807) is 0 Å². The molecule has 2 heteroatoms. The SMILES string of the molecule is CCCCCCCCCCCCCCCCCC[N+](C)(C)C(C)CCCCCCCCCCCCCCCC.[Cl-]. The van der Waals surface area contributed by atoms with E-state index in [0.717, 1.165) is 6.04 Å². The van der Waals surface area contributed by atoms with Gasteiger partial charge in [0, 0.05) is 0 Å². The molecule has 0 aliphatic heterocycles. The number of rotatable bonds is 33. The molecule has 0 N–H and O–H groups in total. The standard InChI is InChI=1S/C38H80N.ClH/c1-6-8-10-12-14-16-18-20-22-23-25-27-29-31-33-35-37-39(4,5)38(3)36-34-32-30-28-26-24-21-19-17-15-13-11-9-7-2;/h38H,6-37H2,1-5H3;1H/q+1;/p-1. The Bertz CT molecular complexity index is 449. The van der Waals surface area contributed by atoms with Crippen LogP contribution in [0.15, 0.2) is 0 Å². The first kappa shape index (κ1) is 42.4. The van der Waals surface area contributed by atoms with Crippen LogP contribution < -0.4 is 12.4 Å². The summed E-state index contributed by atoms with van der Waals surface area (Å²) in [7, 11) is 4.97. The lowest BCUT2D eigenvalue weighted by Crippen LogP contribution is -3.00. The van der Waals surface area contributed by atoms with Crippen LogP contribution in [-0.4, -0.2) is 31.2 Å². The van der Waals surface area contributed by atoms with E-state index >= 15 is 0 Å². The number of unbranched alkanes of at least 4 members (excludes halogenated alkanes) is 28. The second kappa shape index (κ2) is 33.7. The van der Waals surface area contributed by atoms with E-state index in [9.17, 15) is 0 Å². The summed E-state index contributed by atoms with van der Waals surface area (Å²) in [5, 5.41) is 0. The molecule has 1 nitrogen and oxygen atoms in total. The Kier molecular flexibility index (Phi) is 35.8. The molecule has 0 aromatic carbocycles. The molecule has 0 saturated carbocycles. The number of hydrogen-bond donors (Lipinski definition) is 0. The zero-order valence-corrected chi connectivity index (χ0v) is 29.8. The predicted molar refractivity (Wildman–Crippen MR) is 181 cm³/mol. The Hall–Kier alpha value is 0.250. The molecule has 0 fully saturated rings. The van der Waals surface area contributed by atoms with Crippen molar-refractivity contribution in [2.45, 2.75) is 226 Å². The van der Waals surface area contributed by atoms with Crippen LogP contribution in [0.25, 0.3) is 0 Å². The van der Waals surface area contributed by atoms with E-state index in [1.165, 1.54) is 210 Å². The van der Waals surface area contributed by atoms with Gasteiger partial charge in [-0.2, -0.15) is 0 Å². The fourth-order valence-corrected chi connectivity index (χ4v) is 6.27. The molecule has 1 atom stereocenters. The van der Waals surface area contributed by atoms with E-state index in [1.807, 2.05) is 0 Å². The van der Waals surface area contributed by atoms with Crippen molar-refractivity contribution >= 4 is 0 Å². The summed E-state index contributed by atoms with van der Waals surface area (Å²) in [5.74, 6) is 0. The molecule has 40 heavy (non-hydrogen) atoms. The minimum atomic E-state index is 0. The van der Waals surface area contributed by atoms with E-state index in [4.69, 9.17) is 0 Å². The lowest BCUT2D eigenvalue weighted by molar-refractivity contribution is -0.913. The van der Waals surface area contributed by atoms with Crippen LogP contribution in [-0.2, 0) is 0 Å². The van der Waals surface area contributed by atoms with E-state index in [2.05, 4.69) is 34.9 Å². The molecule has 0 bridgehead atoms. The van der Waals surface area contributed by atoms with Crippen molar-refractivity contribution in [2.75, 3.05) is 20.6 Å². The summed E-state index contributed by atoms with van der Waals surface area (Å²) in [6.45, 7) is 8.50. The average Bonchev–Trinajstić information content (AvgIpc) is 2.92. The van der Waals surface area contributed by atoms with Gasteiger partial charge in [0.2, 0.25) is 0 Å². The molecule has 0 aromatic rings. The second-order valence-corrected chi connectivity index (χ2v) is 14.0. The second-order valence-electron chi connectivity index (χ2n) is 14.0. The molecule has 1 unspecified atom stereocenters. The van der Waals surface area contributed by atoms with Crippen molar-refractivity contribution < 1.29 is 16.9 Å². The normalized spacial score (nSPS) is 12.5. The highest BCUT2D eigenvalue weighted by Crippen LogP contribution is 2.19. The van der Waals surface area contributed by atoms with Gasteiger partial charge in [0.15, 0.2) is 0 Å². The third-order valence-corrected chi connectivity index (χ3v) is 9.76. The Morgan fingerprint density at radius 3 is 0.850 bits per heavy atom. The van der Waals surface area contributed by atoms with E-state index < -0.39 is 0 Å². The van der Waals surface area contributed by atoms with Crippen LogP contribution >= 0.6 is 0 Å². The summed E-state index contributed by atoms with van der Waals surface area (Å²) >= 11 is 0. The third kappa shape index (κ3) is 31.2. The third-order valence-electron chi connectivity index (χ3n) is 9.76. The molecule has 0 spiro atoms. The van der Waals surface area contributed by atoms with Crippen LogP contribution in [0.1, 0.15) is 220 Å². The van der Waals surface area contributed by atoms with Crippen molar-refractivity contribution in [3.05, 3.63) is 0 Å². The summed E-state index contributed by atoms with van der Waals surface area (Å²) < 4.78 is 1.23. The minimum Gasteiger partial charge on any atom is -1.00 e. The highest BCUT2D eigenvalue weighted by molar-refractivity contribution is 4.56. The largest absolute Gasteiger partial charge is 1.00 e. The Morgan fingerprint density at radius 1 is 0.350 bits per heavy atom. The number of halogens is 1. The lowest BCUT2D eigenvalue weighted by atomic mass is 10.0. The fraction of sp³-hybridized carbons (Fsp3) is 1.00. The quantitative estimate of drug-likeness (QED) is 0.0530. The average molecular weight is 587 g/mol. The van der Waals surface area contributed by atoms with Gasteiger partial charge in [-0.05, 0) is 32.6 Å². The molecule has 0 heterocycles. The van der Waals surface area contributed by atoms with Gasteiger partial charge in [-0.1, -0.05) is 187 Å². The van der Waals surface area contributed by atoms with Gasteiger partial charge >= 0.3 is 0 Å². The van der Waals surface area contributed by atoms with Crippen molar-refractivity contribution in [2.24, 2.45) is 0 Å². The monoisotopic (exact) mass is 586 g/mol. The van der Waals surface area contributed by atoms with E-state index in [0.29, 0.717) is 0 Å². The zero-order chi connectivity index (χ0) is 28.7. The first-order chi connectivity index (χ1) is 19.0. The van der Waals surface area contributed by atoms with Crippen LogP contribution in [0.4, 0.5) is 0 Å². The fourth-order valence-electron chi connectivity index (χ4n) is 6.27. The summed E-state index contributed by atoms with van der Waals surface area (Å²) in [6, 6.07) is 0.818. The van der Waals surface area contributed by atoms with Crippen LogP contribution in [0, 0.1) is 0 Å². The van der Waals surface area contributed by atoms with Gasteiger partial charge in [-0.25, -0.2) is 0 Å². The van der Waals surface area contributed by atoms with Gasteiger partial charge in [-0.3, -0.25) is 0 Å². The van der Waals surface area contributed by atoms with Crippen molar-refractivity contribution in [3.63, 3.8) is 0 Å². The molecule has 244 valence electrons. The molecule has 0 radical (unpaired) electrons. The van der Waals surface area contributed by atoms with Crippen LogP contribution in [0.2, 0.25) is 0 Å². The van der Waals surface area contributed by atoms with Gasteiger partial charge in [0.05, 0.1) is 26.7 Å². The van der Waals surface area contributed by atoms with Crippen LogP contribution in [0.3, 0.4) is 0 Å². The molecule has 0 amide bonds. The number of hydrogen-bond acceptors (Lipinski definition) is 0. The van der Waals surface area contributed by atoms with Gasteiger partial charge in [0.25, 0.3) is 0 Å². The number of quaternary nitrogens is 1. The van der Waals surface area contributed by atoms with Gasteiger partial charge in [-0.15, -0.1) is 0 Å². The first-order valence-electron chi connectivity index (χ1n) is 18.9. The summed E-state index contributed by atoms with van der Waals surface area (Å²) in [5.41, 5.74) is 0. The molecular weight excluding hydrogens is 506 g/mol. The molecule has 0 aliphatic carbocycles. The van der Waals surface area contributed by atoms with Crippen LogP contribution in [0.5, 0.6) is 0 Å². The summed E-state index contributed by atoms with van der Waals surface area (Å²) in [4.78, 5) is 0. The Morgan fingerprint density at radius 2 is 0.575 bits per heavy atom. The molecule has 0 rings (SSSR count). The zero-order valence-electron chi connectivity index (χ0n) is 29.0. The highest BCUT2D eigenvalue weighted by atomic mass is 35.5. The minimum absolute atomic E-state index is 0. The smallest absolute Gasteiger partial charge is 0.0857 e. The molecule has 0 aliphatic rings. The molecule has 0 aromatic heterocycles. The van der Waals surface area contributed by atoms with E-state index in [-0.39, 0.29) is 12.4 Å². The topological polar surface area (TPSA) is 0 Å². The van der Waals surface area contributed by atoms with Crippen molar-refractivity contribution in [1.82, 2.24) is 0 Å². The highest BCUT2D eigenvalue weighted by Gasteiger charge is 2.22. The van der Waals surface area contributed by atoms with Crippen molar-refractivity contribution in [1.29, 1.82) is 0 Å². The predicted octanol–water partition coefficient (Wildman–Crippen LogP) is 10.6. The summed E-state index contributed by atoms with van der Waals surface area (Å²) in [6.07, 6.45) is 45.3. The lowest BCUT2D eigenvalue weighted by Gasteiger charge is -2.36. The number of nitrogens with zero attached hydrogens (tertiary/aromatic N) is 1. The Labute approximate surface area is 262 Å². The molecule has 0 saturated heterocycles. The molecular formula is C38H80ClN. The van der Waals surface area contributed by atoms with Gasteiger partial charge in [0.1, 0.15) is 0 Å². The first-order valence-corrected chi connectivity index (χ1v) is 18.9. The maximum Gasteiger partial charge on any atom is 0.0857 e.